The number of hydrogen-bond donors (Lipinski definition) is 0. The molecular formula is C12H20O2Si. The summed E-state index contributed by atoms with van der Waals surface area (Å²) < 4.78 is 11.5. The van der Waals surface area contributed by atoms with Crippen LogP contribution < -0.4 is 5.19 Å². The Bertz CT molecular complexity index is 262. The Balaban J connectivity index is 2.57. The molecular weight excluding hydrogens is 204 g/mol. The second-order valence-corrected chi connectivity index (χ2v) is 5.92. The molecule has 0 saturated carbocycles. The minimum Gasteiger partial charge on any atom is -0.394 e. The van der Waals surface area contributed by atoms with E-state index in [-0.39, 0.29) is 0 Å². The first-order valence-electron chi connectivity index (χ1n) is 5.52. The van der Waals surface area contributed by atoms with Gasteiger partial charge in [0.25, 0.3) is 0 Å². The van der Waals surface area contributed by atoms with E-state index in [0.717, 1.165) is 13.2 Å². The van der Waals surface area contributed by atoms with Crippen molar-refractivity contribution in [3.8, 4) is 0 Å². The summed E-state index contributed by atoms with van der Waals surface area (Å²) in [4.78, 5) is 0. The molecule has 0 aliphatic rings. The molecule has 1 atom stereocenters. The molecule has 0 aliphatic carbocycles. The van der Waals surface area contributed by atoms with Gasteiger partial charge in [0.05, 0.1) is 0 Å². The maximum Gasteiger partial charge on any atom is 0.355 e. The van der Waals surface area contributed by atoms with Crippen LogP contribution >= 0.6 is 0 Å². The van der Waals surface area contributed by atoms with Gasteiger partial charge in [-0.25, -0.2) is 0 Å². The maximum absolute atomic E-state index is 5.85. The first-order valence-corrected chi connectivity index (χ1v) is 7.04. The molecule has 0 N–H and O–H groups in total. The van der Waals surface area contributed by atoms with Crippen LogP contribution in [0.3, 0.4) is 0 Å². The minimum atomic E-state index is -1.65. The van der Waals surface area contributed by atoms with E-state index >= 15 is 0 Å². The minimum absolute atomic E-state index is 0.559. The lowest BCUT2D eigenvalue weighted by molar-refractivity contribution is 0.194. The van der Waals surface area contributed by atoms with E-state index in [2.05, 4.69) is 26.0 Å². The zero-order valence-electron chi connectivity index (χ0n) is 9.77. The molecule has 84 valence electrons. The number of rotatable bonds is 6. The quantitative estimate of drug-likeness (QED) is 0.686. The average Bonchev–Trinajstić information content (AvgIpc) is 2.25. The van der Waals surface area contributed by atoms with Gasteiger partial charge in [-0.05, 0) is 18.0 Å². The Hall–Kier alpha value is -0.643. The first kappa shape index (κ1) is 12.4. The van der Waals surface area contributed by atoms with E-state index in [0.29, 0.717) is 5.92 Å². The normalized spacial score (nSPS) is 13.1. The van der Waals surface area contributed by atoms with Crippen LogP contribution in [-0.4, -0.2) is 22.5 Å². The highest BCUT2D eigenvalue weighted by Crippen LogP contribution is 1.98. The van der Waals surface area contributed by atoms with Crippen LogP contribution in [0.1, 0.15) is 20.8 Å². The highest BCUT2D eigenvalue weighted by Gasteiger charge is 2.15. The van der Waals surface area contributed by atoms with Gasteiger partial charge in [-0.15, -0.1) is 0 Å². The van der Waals surface area contributed by atoms with E-state index in [4.69, 9.17) is 8.85 Å². The average molecular weight is 224 g/mol. The summed E-state index contributed by atoms with van der Waals surface area (Å²) >= 11 is 0. The molecule has 15 heavy (non-hydrogen) atoms. The van der Waals surface area contributed by atoms with Gasteiger partial charge in [0, 0.05) is 13.2 Å². The van der Waals surface area contributed by atoms with Crippen molar-refractivity contribution in [3.05, 3.63) is 30.3 Å². The standard InChI is InChI=1S/C12H20O2Si/c1-4-13-15(14-10-11(2)3)12-8-6-5-7-9-12/h5-9,11,15H,4,10H2,1-3H3. The summed E-state index contributed by atoms with van der Waals surface area (Å²) in [5.74, 6) is 0.559. The molecule has 1 unspecified atom stereocenters. The van der Waals surface area contributed by atoms with Gasteiger partial charge in [0.1, 0.15) is 0 Å². The third-order valence-electron chi connectivity index (χ3n) is 1.97. The molecule has 1 aromatic carbocycles. The van der Waals surface area contributed by atoms with Crippen LogP contribution in [0.15, 0.2) is 30.3 Å². The SMILES string of the molecule is CCO[SiH](OCC(C)C)c1ccccc1. The van der Waals surface area contributed by atoms with Crippen molar-refractivity contribution in [1.29, 1.82) is 0 Å². The van der Waals surface area contributed by atoms with Crippen molar-refractivity contribution in [2.45, 2.75) is 20.8 Å². The lowest BCUT2D eigenvalue weighted by Crippen LogP contribution is -2.37. The summed E-state index contributed by atoms with van der Waals surface area (Å²) in [6.07, 6.45) is 0. The molecule has 0 aliphatic heterocycles. The number of benzene rings is 1. The Morgan fingerprint density at radius 2 is 1.80 bits per heavy atom. The van der Waals surface area contributed by atoms with Gasteiger partial charge in [-0.3, -0.25) is 0 Å². The highest BCUT2D eigenvalue weighted by molar-refractivity contribution is 6.61. The predicted octanol–water partition coefficient (Wildman–Crippen LogP) is 1.82. The molecule has 1 aromatic rings. The van der Waals surface area contributed by atoms with Crippen LogP contribution in [0, 0.1) is 5.92 Å². The van der Waals surface area contributed by atoms with E-state index in [1.165, 1.54) is 5.19 Å². The number of hydrogen-bond acceptors (Lipinski definition) is 2. The molecule has 0 amide bonds. The fourth-order valence-corrected chi connectivity index (χ4v) is 3.16. The van der Waals surface area contributed by atoms with Gasteiger partial charge in [0.15, 0.2) is 0 Å². The van der Waals surface area contributed by atoms with Crippen LogP contribution in [0.5, 0.6) is 0 Å². The topological polar surface area (TPSA) is 18.5 Å². The molecule has 0 heterocycles. The van der Waals surface area contributed by atoms with Gasteiger partial charge in [-0.2, -0.15) is 0 Å². The largest absolute Gasteiger partial charge is 0.394 e. The molecule has 1 rings (SSSR count). The fourth-order valence-electron chi connectivity index (χ4n) is 1.28. The zero-order chi connectivity index (χ0) is 11.1. The van der Waals surface area contributed by atoms with Gasteiger partial charge >= 0.3 is 9.28 Å². The van der Waals surface area contributed by atoms with Crippen molar-refractivity contribution in [2.75, 3.05) is 13.2 Å². The van der Waals surface area contributed by atoms with E-state index in [1.807, 2.05) is 25.1 Å². The lowest BCUT2D eigenvalue weighted by Gasteiger charge is -2.17. The highest BCUT2D eigenvalue weighted by atomic mass is 28.3. The van der Waals surface area contributed by atoms with Gasteiger partial charge in [0.2, 0.25) is 0 Å². The Labute approximate surface area is 94.1 Å². The molecule has 3 heteroatoms. The van der Waals surface area contributed by atoms with Crippen LogP contribution in [0.25, 0.3) is 0 Å². The summed E-state index contributed by atoms with van der Waals surface area (Å²) in [6, 6.07) is 10.3. The summed E-state index contributed by atoms with van der Waals surface area (Å²) in [7, 11) is -1.65. The van der Waals surface area contributed by atoms with E-state index in [1.54, 1.807) is 0 Å². The van der Waals surface area contributed by atoms with Crippen molar-refractivity contribution in [3.63, 3.8) is 0 Å². The summed E-state index contributed by atoms with van der Waals surface area (Å²) in [5, 5.41) is 1.22. The van der Waals surface area contributed by atoms with Crippen molar-refractivity contribution in [1.82, 2.24) is 0 Å². The molecule has 0 saturated heterocycles. The first-order chi connectivity index (χ1) is 7.24. The van der Waals surface area contributed by atoms with E-state index < -0.39 is 9.28 Å². The summed E-state index contributed by atoms with van der Waals surface area (Å²) in [6.45, 7) is 7.84. The van der Waals surface area contributed by atoms with Crippen molar-refractivity contribution < 1.29 is 8.85 Å². The zero-order valence-corrected chi connectivity index (χ0v) is 10.9. The van der Waals surface area contributed by atoms with Crippen molar-refractivity contribution in [2.24, 2.45) is 5.92 Å². The Morgan fingerprint density at radius 3 is 2.33 bits per heavy atom. The van der Waals surface area contributed by atoms with Gasteiger partial charge < -0.3 is 8.85 Å². The molecule has 0 fully saturated rings. The molecule has 2 nitrogen and oxygen atoms in total. The van der Waals surface area contributed by atoms with E-state index in [9.17, 15) is 0 Å². The van der Waals surface area contributed by atoms with Crippen molar-refractivity contribution >= 4 is 14.5 Å². The smallest absolute Gasteiger partial charge is 0.355 e. The summed E-state index contributed by atoms with van der Waals surface area (Å²) in [5.41, 5.74) is 0. The van der Waals surface area contributed by atoms with Crippen LogP contribution in [-0.2, 0) is 8.85 Å². The van der Waals surface area contributed by atoms with Gasteiger partial charge in [-0.1, -0.05) is 44.2 Å². The molecule has 0 radical (unpaired) electrons. The Morgan fingerprint density at radius 1 is 1.13 bits per heavy atom. The third-order valence-corrected chi connectivity index (χ3v) is 4.03. The van der Waals surface area contributed by atoms with Crippen LogP contribution in [0.4, 0.5) is 0 Å². The lowest BCUT2D eigenvalue weighted by atomic mass is 10.2. The predicted molar refractivity (Wildman–Crippen MR) is 65.6 cm³/mol. The monoisotopic (exact) mass is 224 g/mol. The maximum atomic E-state index is 5.85. The molecule has 0 spiro atoms. The fraction of sp³-hybridized carbons (Fsp3) is 0.500. The molecule has 0 aromatic heterocycles. The second-order valence-electron chi connectivity index (χ2n) is 3.93. The Kier molecular flexibility index (Phi) is 5.61. The second kappa shape index (κ2) is 6.77. The third kappa shape index (κ3) is 4.60. The van der Waals surface area contributed by atoms with Crippen LogP contribution in [0.2, 0.25) is 0 Å². The molecule has 0 bridgehead atoms.